The van der Waals surface area contributed by atoms with Gasteiger partial charge in [-0.15, -0.1) is 0 Å². The molecule has 1 fully saturated rings. The van der Waals surface area contributed by atoms with Crippen molar-refractivity contribution in [2.45, 2.75) is 40.0 Å². The van der Waals surface area contributed by atoms with Gasteiger partial charge in [-0.3, -0.25) is 0 Å². The van der Waals surface area contributed by atoms with Gasteiger partial charge in [0.15, 0.2) is 0 Å². The molecule has 3 nitrogen and oxygen atoms in total. The van der Waals surface area contributed by atoms with Gasteiger partial charge < -0.3 is 0 Å². The molecule has 0 aromatic rings. The van der Waals surface area contributed by atoms with E-state index in [9.17, 15) is 8.42 Å². The summed E-state index contributed by atoms with van der Waals surface area (Å²) in [7, 11) is -2.94. The van der Waals surface area contributed by atoms with Crippen LogP contribution in [0.3, 0.4) is 0 Å². The number of nitrogens with zero attached hydrogens (tertiary/aromatic N) is 1. The zero-order valence-corrected chi connectivity index (χ0v) is 10.6. The van der Waals surface area contributed by atoms with E-state index in [-0.39, 0.29) is 0 Å². The molecule has 0 radical (unpaired) electrons. The van der Waals surface area contributed by atoms with Gasteiger partial charge in [0, 0.05) is 13.1 Å². The van der Waals surface area contributed by atoms with E-state index in [0.717, 1.165) is 25.9 Å². The van der Waals surface area contributed by atoms with Crippen LogP contribution in [0.5, 0.6) is 0 Å². The Morgan fingerprint density at radius 1 is 1.36 bits per heavy atom. The lowest BCUT2D eigenvalue weighted by Gasteiger charge is -2.30. The molecule has 1 unspecified atom stereocenters. The Hall–Kier alpha value is -0.0900. The Morgan fingerprint density at radius 2 is 1.93 bits per heavy atom. The summed E-state index contributed by atoms with van der Waals surface area (Å²) < 4.78 is 23.9. The van der Waals surface area contributed by atoms with Crippen molar-refractivity contribution in [1.82, 2.24) is 4.31 Å². The van der Waals surface area contributed by atoms with Crippen LogP contribution in [0.25, 0.3) is 0 Å². The summed E-state index contributed by atoms with van der Waals surface area (Å²) in [6, 6.07) is 0. The molecule has 0 aliphatic carbocycles. The number of hydrogen-bond acceptors (Lipinski definition) is 2. The Morgan fingerprint density at radius 3 is 2.36 bits per heavy atom. The van der Waals surface area contributed by atoms with Crippen molar-refractivity contribution < 1.29 is 8.42 Å². The summed E-state index contributed by atoms with van der Waals surface area (Å²) in [5.41, 5.74) is 0. The summed E-state index contributed by atoms with van der Waals surface area (Å²) >= 11 is 0. The lowest BCUT2D eigenvalue weighted by atomic mass is 9.97. The molecule has 1 heterocycles. The largest absolute Gasteiger partial charge is 0.213 e. The number of hydrogen-bond donors (Lipinski definition) is 0. The molecule has 86 valence electrons. The second-order valence-corrected chi connectivity index (χ2v) is 5.52. The molecule has 0 N–H and O–H groups in total. The van der Waals surface area contributed by atoms with Crippen LogP contribution >= 0.6 is 0 Å². The first-order valence-corrected chi connectivity index (χ1v) is 7.34. The predicted octanol–water partition coefficient (Wildman–Crippen LogP) is 2.09. The maximum Gasteiger partial charge on any atom is 0.211 e. The molecule has 1 rings (SSSR count). The Balaban J connectivity index is 0.000000791. The monoisotopic (exact) mass is 221 g/mol. The van der Waals surface area contributed by atoms with Crippen LogP contribution in [0.15, 0.2) is 0 Å². The van der Waals surface area contributed by atoms with Crippen LogP contribution < -0.4 is 0 Å². The first kappa shape index (κ1) is 13.9. The van der Waals surface area contributed by atoms with Crippen molar-refractivity contribution in [2.75, 3.05) is 19.3 Å². The number of sulfonamides is 1. The molecule has 0 aromatic heterocycles. The summed E-state index contributed by atoms with van der Waals surface area (Å²) in [6.07, 6.45) is 4.59. The molecule has 1 aliphatic heterocycles. The summed E-state index contributed by atoms with van der Waals surface area (Å²) in [5, 5.41) is 0. The molecule has 1 saturated heterocycles. The highest BCUT2D eigenvalue weighted by Crippen LogP contribution is 2.20. The van der Waals surface area contributed by atoms with Crippen molar-refractivity contribution in [2.24, 2.45) is 5.92 Å². The topological polar surface area (TPSA) is 37.4 Å². The van der Waals surface area contributed by atoms with Gasteiger partial charge in [0.25, 0.3) is 0 Å². The quantitative estimate of drug-likeness (QED) is 0.716. The SMILES string of the molecule is CC.CCC1CCCN(S(C)(=O)=O)C1. The van der Waals surface area contributed by atoms with Gasteiger partial charge in [-0.05, 0) is 18.8 Å². The third-order valence-electron chi connectivity index (χ3n) is 2.53. The van der Waals surface area contributed by atoms with Crippen molar-refractivity contribution in [3.8, 4) is 0 Å². The molecule has 1 aliphatic rings. The van der Waals surface area contributed by atoms with E-state index in [4.69, 9.17) is 0 Å². The zero-order chi connectivity index (χ0) is 11.2. The molecule has 14 heavy (non-hydrogen) atoms. The molecular formula is C10H23NO2S. The maximum absolute atomic E-state index is 11.2. The summed E-state index contributed by atoms with van der Waals surface area (Å²) in [5.74, 6) is 0.577. The lowest BCUT2D eigenvalue weighted by Crippen LogP contribution is -2.38. The van der Waals surface area contributed by atoms with E-state index in [1.54, 1.807) is 4.31 Å². The lowest BCUT2D eigenvalue weighted by molar-refractivity contribution is 0.263. The normalized spacial score (nSPS) is 23.9. The minimum absolute atomic E-state index is 0.577. The van der Waals surface area contributed by atoms with Crippen molar-refractivity contribution in [3.05, 3.63) is 0 Å². The number of rotatable bonds is 2. The molecule has 0 saturated carbocycles. The van der Waals surface area contributed by atoms with Gasteiger partial charge in [0.05, 0.1) is 6.26 Å². The predicted molar refractivity (Wildman–Crippen MR) is 60.8 cm³/mol. The Bertz CT molecular complexity index is 237. The van der Waals surface area contributed by atoms with Crippen LogP contribution in [0.4, 0.5) is 0 Å². The number of piperidine rings is 1. The van der Waals surface area contributed by atoms with E-state index in [0.29, 0.717) is 5.92 Å². The third-order valence-corrected chi connectivity index (χ3v) is 3.80. The minimum atomic E-state index is -2.94. The van der Waals surface area contributed by atoms with Gasteiger partial charge in [-0.1, -0.05) is 27.2 Å². The highest BCUT2D eigenvalue weighted by atomic mass is 32.2. The highest BCUT2D eigenvalue weighted by Gasteiger charge is 2.24. The van der Waals surface area contributed by atoms with Crippen molar-refractivity contribution in [1.29, 1.82) is 0 Å². The van der Waals surface area contributed by atoms with E-state index < -0.39 is 10.0 Å². The molecule has 0 amide bonds. The smallest absolute Gasteiger partial charge is 0.211 e. The Labute approximate surface area is 88.5 Å². The molecule has 0 spiro atoms. The van der Waals surface area contributed by atoms with E-state index in [2.05, 4.69) is 6.92 Å². The van der Waals surface area contributed by atoms with Crippen LogP contribution in [0.1, 0.15) is 40.0 Å². The maximum atomic E-state index is 11.2. The van der Waals surface area contributed by atoms with E-state index in [1.165, 1.54) is 12.7 Å². The third kappa shape index (κ3) is 4.42. The van der Waals surface area contributed by atoms with E-state index in [1.807, 2.05) is 13.8 Å². The van der Waals surface area contributed by atoms with E-state index >= 15 is 0 Å². The van der Waals surface area contributed by atoms with Crippen LogP contribution in [0.2, 0.25) is 0 Å². The van der Waals surface area contributed by atoms with Gasteiger partial charge >= 0.3 is 0 Å². The summed E-state index contributed by atoms with van der Waals surface area (Å²) in [6.45, 7) is 7.57. The van der Waals surface area contributed by atoms with Crippen molar-refractivity contribution >= 4 is 10.0 Å². The molecule has 4 heteroatoms. The second kappa shape index (κ2) is 6.40. The fourth-order valence-corrected chi connectivity index (χ4v) is 2.60. The highest BCUT2D eigenvalue weighted by molar-refractivity contribution is 7.88. The molecular weight excluding hydrogens is 198 g/mol. The van der Waals surface area contributed by atoms with Crippen LogP contribution in [0, 0.1) is 5.92 Å². The molecule has 0 bridgehead atoms. The van der Waals surface area contributed by atoms with Gasteiger partial charge in [-0.2, -0.15) is 0 Å². The molecule has 1 atom stereocenters. The Kier molecular flexibility index (Phi) is 6.36. The fourth-order valence-electron chi connectivity index (χ4n) is 1.66. The zero-order valence-electron chi connectivity index (χ0n) is 9.78. The first-order valence-electron chi connectivity index (χ1n) is 5.49. The minimum Gasteiger partial charge on any atom is -0.213 e. The van der Waals surface area contributed by atoms with Crippen LogP contribution in [-0.2, 0) is 10.0 Å². The summed E-state index contributed by atoms with van der Waals surface area (Å²) in [4.78, 5) is 0. The molecule has 0 aromatic carbocycles. The average Bonchev–Trinajstić information content (AvgIpc) is 2.20. The first-order chi connectivity index (χ1) is 6.54. The standard InChI is InChI=1S/C8H17NO2S.C2H6/c1-3-8-5-4-6-9(7-8)12(2,10)11;1-2/h8H,3-7H2,1-2H3;1-2H3. The fraction of sp³-hybridized carbons (Fsp3) is 1.00. The van der Waals surface area contributed by atoms with Crippen molar-refractivity contribution in [3.63, 3.8) is 0 Å². The van der Waals surface area contributed by atoms with Crippen LogP contribution in [-0.4, -0.2) is 32.1 Å². The average molecular weight is 221 g/mol. The second-order valence-electron chi connectivity index (χ2n) is 3.54. The van der Waals surface area contributed by atoms with Gasteiger partial charge in [-0.25, -0.2) is 12.7 Å². The van der Waals surface area contributed by atoms with Gasteiger partial charge in [0.1, 0.15) is 0 Å². The van der Waals surface area contributed by atoms with Gasteiger partial charge in [0.2, 0.25) is 10.0 Å².